The molecule has 1 aliphatic heterocycles. The first-order valence-electron chi connectivity index (χ1n) is 6.56. The Hall–Kier alpha value is -1.52. The van der Waals surface area contributed by atoms with Crippen LogP contribution < -0.4 is 5.32 Å². The number of carbonyl (C=O) groups excluding carboxylic acids is 1. The number of allylic oxidation sites excluding steroid dienone is 1. The van der Waals surface area contributed by atoms with Crippen molar-refractivity contribution in [3.8, 4) is 0 Å². The van der Waals surface area contributed by atoms with E-state index in [9.17, 15) is 9.18 Å². The zero-order chi connectivity index (χ0) is 13.7. The van der Waals surface area contributed by atoms with Crippen LogP contribution in [-0.4, -0.2) is 36.9 Å². The van der Waals surface area contributed by atoms with Crippen LogP contribution in [0, 0.1) is 5.82 Å². The van der Waals surface area contributed by atoms with E-state index in [1.54, 1.807) is 12.1 Å². The second-order valence-corrected chi connectivity index (χ2v) is 4.73. The minimum absolute atomic E-state index is 0.00759. The summed E-state index contributed by atoms with van der Waals surface area (Å²) in [6.45, 7) is 7.15. The molecule has 4 heteroatoms. The van der Waals surface area contributed by atoms with Gasteiger partial charge >= 0.3 is 0 Å². The first-order valence-corrected chi connectivity index (χ1v) is 6.56. The van der Waals surface area contributed by atoms with Gasteiger partial charge in [-0.2, -0.15) is 0 Å². The van der Waals surface area contributed by atoms with Crippen molar-refractivity contribution in [2.45, 2.75) is 12.5 Å². The topological polar surface area (TPSA) is 32.3 Å². The first-order chi connectivity index (χ1) is 9.20. The molecule has 0 aromatic heterocycles. The van der Waals surface area contributed by atoms with Crippen LogP contribution >= 0.6 is 0 Å². The number of nitrogens with zero attached hydrogens (tertiary/aromatic N) is 1. The molecule has 1 saturated heterocycles. The van der Waals surface area contributed by atoms with Crippen LogP contribution in [0.3, 0.4) is 0 Å². The van der Waals surface area contributed by atoms with Crippen molar-refractivity contribution >= 4 is 5.78 Å². The van der Waals surface area contributed by atoms with Gasteiger partial charge in [0, 0.05) is 38.6 Å². The zero-order valence-corrected chi connectivity index (χ0v) is 10.9. The Bertz CT molecular complexity index is 438. The fraction of sp³-hybridized carbons (Fsp3) is 0.400. The van der Waals surface area contributed by atoms with E-state index < -0.39 is 0 Å². The van der Waals surface area contributed by atoms with Gasteiger partial charge in [-0.25, -0.2) is 4.39 Å². The summed E-state index contributed by atoms with van der Waals surface area (Å²) >= 11 is 0. The fourth-order valence-electron chi connectivity index (χ4n) is 2.41. The van der Waals surface area contributed by atoms with Crippen molar-refractivity contribution in [2.75, 3.05) is 26.2 Å². The molecule has 2 rings (SSSR count). The number of carbonyl (C=O) groups is 1. The van der Waals surface area contributed by atoms with Gasteiger partial charge in [0.15, 0.2) is 5.78 Å². The standard InChI is InChI=1S/C15H19FN2O/c1-2-14(19)11-15(18-9-7-17-8-10-18)12-3-5-13(16)6-4-12/h2-6,15,17H,1,7-11H2/t15-/m0/s1. The smallest absolute Gasteiger partial charge is 0.157 e. The highest BCUT2D eigenvalue weighted by Gasteiger charge is 2.23. The molecule has 1 heterocycles. The molecule has 0 aliphatic carbocycles. The molecule has 3 nitrogen and oxygen atoms in total. The molecule has 102 valence electrons. The van der Waals surface area contributed by atoms with Gasteiger partial charge in [0.25, 0.3) is 0 Å². The summed E-state index contributed by atoms with van der Waals surface area (Å²) in [6, 6.07) is 6.43. The predicted molar refractivity (Wildman–Crippen MR) is 73.4 cm³/mol. The molecular weight excluding hydrogens is 243 g/mol. The molecular formula is C15H19FN2O. The number of rotatable bonds is 5. The van der Waals surface area contributed by atoms with E-state index in [1.807, 2.05) is 0 Å². The number of ketones is 1. The number of piperazine rings is 1. The minimum atomic E-state index is -0.252. The van der Waals surface area contributed by atoms with Gasteiger partial charge in [0.2, 0.25) is 0 Å². The number of benzene rings is 1. The Kier molecular flexibility index (Phi) is 4.82. The van der Waals surface area contributed by atoms with Crippen molar-refractivity contribution in [2.24, 2.45) is 0 Å². The van der Waals surface area contributed by atoms with E-state index in [1.165, 1.54) is 18.2 Å². The second-order valence-electron chi connectivity index (χ2n) is 4.73. The van der Waals surface area contributed by atoms with E-state index >= 15 is 0 Å². The van der Waals surface area contributed by atoms with Crippen LogP contribution in [-0.2, 0) is 4.79 Å². The highest BCUT2D eigenvalue weighted by atomic mass is 19.1. The summed E-state index contributed by atoms with van der Waals surface area (Å²) in [6.07, 6.45) is 1.76. The summed E-state index contributed by atoms with van der Waals surface area (Å²) in [5.41, 5.74) is 0.985. The van der Waals surface area contributed by atoms with E-state index in [0.717, 1.165) is 31.7 Å². The van der Waals surface area contributed by atoms with Crippen LogP contribution in [0.4, 0.5) is 4.39 Å². The Labute approximate surface area is 113 Å². The Morgan fingerprint density at radius 2 is 2.00 bits per heavy atom. The number of hydrogen-bond acceptors (Lipinski definition) is 3. The van der Waals surface area contributed by atoms with Crippen LogP contribution in [0.25, 0.3) is 0 Å². The number of hydrogen-bond donors (Lipinski definition) is 1. The average molecular weight is 262 g/mol. The summed E-state index contributed by atoms with van der Waals surface area (Å²) in [4.78, 5) is 13.9. The van der Waals surface area contributed by atoms with E-state index in [-0.39, 0.29) is 17.6 Å². The van der Waals surface area contributed by atoms with Gasteiger partial charge in [-0.15, -0.1) is 0 Å². The van der Waals surface area contributed by atoms with Gasteiger partial charge in [-0.3, -0.25) is 9.69 Å². The lowest BCUT2D eigenvalue weighted by Gasteiger charge is -2.34. The van der Waals surface area contributed by atoms with Gasteiger partial charge in [-0.1, -0.05) is 18.7 Å². The van der Waals surface area contributed by atoms with E-state index in [0.29, 0.717) is 6.42 Å². The van der Waals surface area contributed by atoms with Gasteiger partial charge in [-0.05, 0) is 23.8 Å². The van der Waals surface area contributed by atoms with Gasteiger partial charge in [0.05, 0.1) is 0 Å². The predicted octanol–water partition coefficient (Wildman–Crippen LogP) is 1.92. The third kappa shape index (κ3) is 3.72. The number of halogens is 1. The van der Waals surface area contributed by atoms with Crippen molar-refractivity contribution in [3.63, 3.8) is 0 Å². The van der Waals surface area contributed by atoms with Crippen LogP contribution in [0.15, 0.2) is 36.9 Å². The quantitative estimate of drug-likeness (QED) is 0.823. The number of nitrogens with one attached hydrogen (secondary N) is 1. The third-order valence-electron chi connectivity index (χ3n) is 3.47. The Balaban J connectivity index is 2.19. The summed E-state index contributed by atoms with van der Waals surface area (Å²) < 4.78 is 13.0. The van der Waals surface area contributed by atoms with Crippen LogP contribution in [0.5, 0.6) is 0 Å². The van der Waals surface area contributed by atoms with Crippen molar-refractivity contribution in [1.82, 2.24) is 10.2 Å². The molecule has 0 bridgehead atoms. The lowest BCUT2D eigenvalue weighted by atomic mass is 9.99. The first kappa shape index (κ1) is 13.9. The molecule has 19 heavy (non-hydrogen) atoms. The van der Waals surface area contributed by atoms with Gasteiger partial charge in [0.1, 0.15) is 5.82 Å². The van der Waals surface area contributed by atoms with E-state index in [4.69, 9.17) is 0 Å². The third-order valence-corrected chi connectivity index (χ3v) is 3.47. The molecule has 1 atom stereocenters. The van der Waals surface area contributed by atoms with Crippen molar-refractivity contribution in [3.05, 3.63) is 48.3 Å². The minimum Gasteiger partial charge on any atom is -0.314 e. The molecule has 0 unspecified atom stereocenters. The highest BCUT2D eigenvalue weighted by molar-refractivity contribution is 5.89. The monoisotopic (exact) mass is 262 g/mol. The largest absolute Gasteiger partial charge is 0.314 e. The molecule has 1 aliphatic rings. The van der Waals surface area contributed by atoms with Gasteiger partial charge < -0.3 is 5.32 Å². The lowest BCUT2D eigenvalue weighted by molar-refractivity contribution is -0.115. The molecule has 0 spiro atoms. The molecule has 0 radical (unpaired) electrons. The maximum absolute atomic E-state index is 13.0. The summed E-state index contributed by atoms with van der Waals surface area (Å²) in [5, 5.41) is 3.29. The molecule has 1 fully saturated rings. The lowest BCUT2D eigenvalue weighted by Crippen LogP contribution is -2.45. The Morgan fingerprint density at radius 1 is 1.37 bits per heavy atom. The second kappa shape index (κ2) is 6.59. The molecule has 0 saturated carbocycles. The Morgan fingerprint density at radius 3 is 2.58 bits per heavy atom. The molecule has 1 N–H and O–H groups in total. The summed E-state index contributed by atoms with van der Waals surface area (Å²) in [7, 11) is 0. The maximum Gasteiger partial charge on any atom is 0.157 e. The highest BCUT2D eigenvalue weighted by Crippen LogP contribution is 2.25. The molecule has 1 aromatic rings. The summed E-state index contributed by atoms with van der Waals surface area (Å²) in [5.74, 6) is -0.231. The molecule has 1 aromatic carbocycles. The van der Waals surface area contributed by atoms with Crippen molar-refractivity contribution in [1.29, 1.82) is 0 Å². The average Bonchev–Trinajstić information content (AvgIpc) is 2.46. The fourth-order valence-corrected chi connectivity index (χ4v) is 2.41. The van der Waals surface area contributed by atoms with Crippen molar-refractivity contribution < 1.29 is 9.18 Å². The van der Waals surface area contributed by atoms with Crippen LogP contribution in [0.1, 0.15) is 18.0 Å². The normalized spacial score (nSPS) is 17.9. The van der Waals surface area contributed by atoms with E-state index in [2.05, 4.69) is 16.8 Å². The molecule has 0 amide bonds. The zero-order valence-electron chi connectivity index (χ0n) is 10.9. The SMILES string of the molecule is C=CC(=O)C[C@@H](c1ccc(F)cc1)N1CCNCC1. The van der Waals surface area contributed by atoms with Crippen LogP contribution in [0.2, 0.25) is 0 Å². The maximum atomic E-state index is 13.0.